The van der Waals surface area contributed by atoms with Gasteiger partial charge in [0.15, 0.2) is 0 Å². The maximum absolute atomic E-state index is 14.0. The zero-order chi connectivity index (χ0) is 31.2. The minimum absolute atomic E-state index is 0.147. The van der Waals surface area contributed by atoms with Gasteiger partial charge >= 0.3 is 6.18 Å². The molecule has 0 fully saturated rings. The zero-order valence-electron chi connectivity index (χ0n) is 23.1. The SMILES string of the molecule is CCNC(=O)[C@@H](CC)N(Cc1c(Cl)cccc1Cl)C(=O)CN(c1cccc(C(F)(F)F)c1)S(=O)(=O)c1ccc(C)cc1. The van der Waals surface area contributed by atoms with Gasteiger partial charge in [0.1, 0.15) is 12.6 Å². The summed E-state index contributed by atoms with van der Waals surface area (Å²) in [6, 6.07) is 13.0. The van der Waals surface area contributed by atoms with E-state index in [0.717, 1.165) is 22.6 Å². The Labute approximate surface area is 253 Å². The van der Waals surface area contributed by atoms with Crippen LogP contribution in [-0.2, 0) is 32.3 Å². The Morgan fingerprint density at radius 3 is 2.10 bits per heavy atom. The third-order valence-corrected chi connectivity index (χ3v) is 8.97. The van der Waals surface area contributed by atoms with Crippen molar-refractivity contribution in [2.24, 2.45) is 0 Å². The number of carbonyl (C=O) groups excluding carboxylic acids is 2. The number of carbonyl (C=O) groups is 2. The van der Waals surface area contributed by atoms with Gasteiger partial charge in [-0.3, -0.25) is 13.9 Å². The maximum atomic E-state index is 14.0. The number of aryl methyl sites for hydroxylation is 1. The molecule has 1 atom stereocenters. The topological polar surface area (TPSA) is 86.8 Å². The molecule has 226 valence electrons. The highest BCUT2D eigenvalue weighted by atomic mass is 35.5. The molecule has 0 aliphatic rings. The molecule has 2 amide bonds. The fourth-order valence-electron chi connectivity index (χ4n) is 4.27. The quantitative estimate of drug-likeness (QED) is 0.260. The molecular weight excluding hydrogens is 614 g/mol. The van der Waals surface area contributed by atoms with Crippen LogP contribution in [-0.4, -0.2) is 44.3 Å². The van der Waals surface area contributed by atoms with Gasteiger partial charge in [0, 0.05) is 28.7 Å². The second kappa shape index (κ2) is 13.8. The standard InChI is InChI=1S/C29H30Cl2F3N3O4S/c1-4-26(28(39)35-5-2)36(17-23-24(30)10-7-11-25(23)31)27(38)18-37(21-9-6-8-20(16-21)29(32,33)34)42(40,41)22-14-12-19(3)13-15-22/h6-16,26H,4-5,17-18H2,1-3H3,(H,35,39)/t26-/m1/s1. The van der Waals surface area contributed by atoms with Crippen molar-refractivity contribution >= 4 is 50.7 Å². The summed E-state index contributed by atoms with van der Waals surface area (Å²) in [5.41, 5.74) is -0.388. The van der Waals surface area contributed by atoms with E-state index in [-0.39, 0.29) is 40.1 Å². The maximum Gasteiger partial charge on any atom is 0.416 e. The van der Waals surface area contributed by atoms with Gasteiger partial charge in [0.05, 0.1) is 16.1 Å². The Morgan fingerprint density at radius 2 is 1.55 bits per heavy atom. The third-order valence-electron chi connectivity index (χ3n) is 6.48. The van der Waals surface area contributed by atoms with Crippen molar-refractivity contribution in [2.75, 3.05) is 17.4 Å². The van der Waals surface area contributed by atoms with Crippen molar-refractivity contribution in [1.82, 2.24) is 10.2 Å². The second-order valence-electron chi connectivity index (χ2n) is 9.41. The molecule has 0 aliphatic heterocycles. The van der Waals surface area contributed by atoms with E-state index >= 15 is 0 Å². The molecular formula is C29H30Cl2F3N3O4S. The molecule has 0 saturated heterocycles. The number of halogens is 5. The van der Waals surface area contributed by atoms with Gasteiger partial charge in [-0.15, -0.1) is 0 Å². The Hall–Kier alpha value is -3.28. The summed E-state index contributed by atoms with van der Waals surface area (Å²) in [5, 5.41) is 3.09. The summed E-state index contributed by atoms with van der Waals surface area (Å²) in [6.45, 7) is 4.22. The van der Waals surface area contributed by atoms with Gasteiger partial charge in [-0.05, 0) is 62.7 Å². The third kappa shape index (κ3) is 7.76. The molecule has 0 unspecified atom stereocenters. The lowest BCUT2D eigenvalue weighted by molar-refractivity contribution is -0.140. The fraction of sp³-hybridized carbons (Fsp3) is 0.310. The lowest BCUT2D eigenvalue weighted by atomic mass is 10.1. The van der Waals surface area contributed by atoms with Gasteiger partial charge in [-0.1, -0.05) is 60.0 Å². The van der Waals surface area contributed by atoms with Crippen LogP contribution in [0.4, 0.5) is 18.9 Å². The first-order valence-electron chi connectivity index (χ1n) is 13.0. The lowest BCUT2D eigenvalue weighted by Crippen LogP contribution is -2.52. The molecule has 0 spiro atoms. The van der Waals surface area contributed by atoms with Gasteiger partial charge < -0.3 is 10.2 Å². The number of hydrogen-bond acceptors (Lipinski definition) is 4. The van der Waals surface area contributed by atoms with Crippen LogP contribution in [0, 0.1) is 6.92 Å². The van der Waals surface area contributed by atoms with E-state index in [9.17, 15) is 31.2 Å². The summed E-state index contributed by atoms with van der Waals surface area (Å²) in [4.78, 5) is 27.9. The Morgan fingerprint density at radius 1 is 0.952 bits per heavy atom. The van der Waals surface area contributed by atoms with Crippen LogP contribution in [0.1, 0.15) is 37.0 Å². The smallest absolute Gasteiger partial charge is 0.355 e. The number of nitrogens with zero attached hydrogens (tertiary/aromatic N) is 2. The number of hydrogen-bond donors (Lipinski definition) is 1. The van der Waals surface area contributed by atoms with Crippen molar-refractivity contribution < 1.29 is 31.2 Å². The molecule has 0 aliphatic carbocycles. The van der Waals surface area contributed by atoms with E-state index in [4.69, 9.17) is 23.2 Å². The predicted molar refractivity (Wildman–Crippen MR) is 157 cm³/mol. The summed E-state index contributed by atoms with van der Waals surface area (Å²) in [6.07, 6.45) is -4.62. The average molecular weight is 645 g/mol. The van der Waals surface area contributed by atoms with Gasteiger partial charge in [-0.25, -0.2) is 8.42 Å². The number of likely N-dealkylation sites (N-methyl/N-ethyl adjacent to an activating group) is 1. The molecule has 1 N–H and O–H groups in total. The summed E-state index contributed by atoms with van der Waals surface area (Å²) in [5.74, 6) is -1.35. The molecule has 7 nitrogen and oxygen atoms in total. The molecule has 3 rings (SSSR count). The number of nitrogens with one attached hydrogen (secondary N) is 1. The molecule has 0 heterocycles. The van der Waals surface area contributed by atoms with E-state index in [0.29, 0.717) is 15.9 Å². The van der Waals surface area contributed by atoms with Crippen LogP contribution in [0.25, 0.3) is 0 Å². The zero-order valence-corrected chi connectivity index (χ0v) is 25.4. The van der Waals surface area contributed by atoms with Crippen LogP contribution < -0.4 is 9.62 Å². The van der Waals surface area contributed by atoms with Crippen LogP contribution >= 0.6 is 23.2 Å². The first-order valence-corrected chi connectivity index (χ1v) is 15.2. The molecule has 3 aromatic carbocycles. The van der Waals surface area contributed by atoms with E-state index in [1.165, 1.54) is 30.3 Å². The Bertz CT molecular complexity index is 1510. The first kappa shape index (κ1) is 33.2. The lowest BCUT2D eigenvalue weighted by Gasteiger charge is -2.33. The van der Waals surface area contributed by atoms with E-state index in [1.807, 2.05) is 0 Å². The molecule has 0 bridgehead atoms. The van der Waals surface area contributed by atoms with Gasteiger partial charge in [0.25, 0.3) is 10.0 Å². The Kier molecular flexibility index (Phi) is 10.9. The van der Waals surface area contributed by atoms with Crippen LogP contribution in [0.2, 0.25) is 10.0 Å². The molecule has 0 saturated carbocycles. The van der Waals surface area contributed by atoms with E-state index in [2.05, 4.69) is 5.32 Å². The summed E-state index contributed by atoms with van der Waals surface area (Å²) in [7, 11) is -4.55. The molecule has 0 aromatic heterocycles. The normalized spacial score (nSPS) is 12.5. The number of sulfonamides is 1. The van der Waals surface area contributed by atoms with Crippen molar-refractivity contribution in [2.45, 2.75) is 50.9 Å². The van der Waals surface area contributed by atoms with Crippen LogP contribution in [0.3, 0.4) is 0 Å². The molecule has 13 heteroatoms. The monoisotopic (exact) mass is 643 g/mol. The number of alkyl halides is 3. The minimum Gasteiger partial charge on any atom is -0.355 e. The summed E-state index contributed by atoms with van der Waals surface area (Å²) < 4.78 is 69.1. The van der Waals surface area contributed by atoms with E-state index < -0.39 is 46.2 Å². The predicted octanol–water partition coefficient (Wildman–Crippen LogP) is 6.46. The Balaban J connectivity index is 2.16. The van der Waals surface area contributed by atoms with E-state index in [1.54, 1.807) is 39.0 Å². The van der Waals surface area contributed by atoms with Crippen molar-refractivity contribution in [3.8, 4) is 0 Å². The van der Waals surface area contributed by atoms with Gasteiger partial charge in [-0.2, -0.15) is 13.2 Å². The van der Waals surface area contributed by atoms with Crippen LogP contribution in [0.15, 0.2) is 71.6 Å². The molecule has 0 radical (unpaired) electrons. The number of rotatable bonds is 11. The highest BCUT2D eigenvalue weighted by Gasteiger charge is 2.36. The second-order valence-corrected chi connectivity index (χ2v) is 12.1. The van der Waals surface area contributed by atoms with Crippen molar-refractivity contribution in [1.29, 1.82) is 0 Å². The summed E-state index contributed by atoms with van der Waals surface area (Å²) >= 11 is 12.7. The highest BCUT2D eigenvalue weighted by Crippen LogP contribution is 2.34. The largest absolute Gasteiger partial charge is 0.416 e. The van der Waals surface area contributed by atoms with Crippen LogP contribution in [0.5, 0.6) is 0 Å². The van der Waals surface area contributed by atoms with Crippen molar-refractivity contribution in [3.05, 3.63) is 93.5 Å². The first-order chi connectivity index (χ1) is 19.7. The molecule has 42 heavy (non-hydrogen) atoms. The fourth-order valence-corrected chi connectivity index (χ4v) is 6.19. The number of amides is 2. The van der Waals surface area contributed by atoms with Gasteiger partial charge in [0.2, 0.25) is 11.8 Å². The highest BCUT2D eigenvalue weighted by molar-refractivity contribution is 7.92. The number of anilines is 1. The molecule has 3 aromatic rings. The van der Waals surface area contributed by atoms with Crippen molar-refractivity contribution in [3.63, 3.8) is 0 Å². The minimum atomic E-state index is -4.77. The average Bonchev–Trinajstić information content (AvgIpc) is 2.93. The number of benzene rings is 3.